The van der Waals surface area contributed by atoms with Gasteiger partial charge in [0.15, 0.2) is 12.6 Å². The maximum absolute atomic E-state index is 10.6. The van der Waals surface area contributed by atoms with Crippen LogP contribution in [0.1, 0.15) is 24.9 Å². The van der Waals surface area contributed by atoms with E-state index < -0.39 is 0 Å². The van der Waals surface area contributed by atoms with E-state index >= 15 is 0 Å². The lowest BCUT2D eigenvalue weighted by atomic mass is 10.2. The molecule has 0 unspecified atom stereocenters. The predicted octanol–water partition coefficient (Wildman–Crippen LogP) is 2.71. The Hall–Kier alpha value is -0.870. The Morgan fingerprint density at radius 1 is 1.54 bits per heavy atom. The molecule has 0 aliphatic carbocycles. The molecular formula is C9H8O2S2. The highest BCUT2D eigenvalue weighted by Gasteiger charge is 2.09. The van der Waals surface area contributed by atoms with Gasteiger partial charge in [-0.1, -0.05) is 6.58 Å². The molecule has 0 spiro atoms. The first kappa shape index (κ1) is 10.2. The molecule has 0 saturated heterocycles. The second-order valence-electron chi connectivity index (χ2n) is 2.30. The first-order valence-electron chi connectivity index (χ1n) is 3.50. The predicted molar refractivity (Wildman–Crippen MR) is 57.6 cm³/mol. The first-order valence-corrected chi connectivity index (χ1v) is 5.54. The van der Waals surface area contributed by atoms with Crippen LogP contribution >= 0.6 is 23.1 Å². The van der Waals surface area contributed by atoms with E-state index in [0.29, 0.717) is 10.4 Å². The molecule has 0 bridgehead atoms. The Balaban J connectivity index is 3.17. The van der Waals surface area contributed by atoms with Gasteiger partial charge in [-0.25, -0.2) is 0 Å². The van der Waals surface area contributed by atoms with Crippen LogP contribution in [-0.4, -0.2) is 18.8 Å². The third kappa shape index (κ3) is 2.08. The van der Waals surface area contributed by atoms with E-state index in [-0.39, 0.29) is 0 Å². The number of carbonyl (C=O) groups excluding carboxylic acids is 2. The minimum Gasteiger partial charge on any atom is -0.298 e. The number of carbonyl (C=O) groups is 2. The average molecular weight is 212 g/mol. The summed E-state index contributed by atoms with van der Waals surface area (Å²) in [5, 5.41) is 0. The Labute approximate surface area is 84.7 Å². The SMILES string of the molecule is C=C(SC)c1sc(C=O)cc1C=O. The lowest BCUT2D eigenvalue weighted by molar-refractivity contribution is 0.112. The molecular weight excluding hydrogens is 204 g/mol. The molecule has 4 heteroatoms. The fourth-order valence-corrected chi connectivity index (χ4v) is 2.37. The van der Waals surface area contributed by atoms with Crippen molar-refractivity contribution in [2.75, 3.05) is 6.26 Å². The third-order valence-corrected chi connectivity index (χ3v) is 3.48. The highest BCUT2D eigenvalue weighted by molar-refractivity contribution is 8.07. The summed E-state index contributed by atoms with van der Waals surface area (Å²) in [6.45, 7) is 3.80. The molecule has 1 rings (SSSR count). The minimum atomic E-state index is 0.548. The van der Waals surface area contributed by atoms with Gasteiger partial charge in [0.2, 0.25) is 0 Å². The number of thioether (sulfide) groups is 1. The molecule has 2 nitrogen and oxygen atoms in total. The quantitative estimate of drug-likeness (QED) is 0.720. The second kappa shape index (κ2) is 4.39. The van der Waals surface area contributed by atoms with Crippen LogP contribution in [0.3, 0.4) is 0 Å². The fourth-order valence-electron chi connectivity index (χ4n) is 0.881. The fraction of sp³-hybridized carbons (Fsp3) is 0.111. The van der Waals surface area contributed by atoms with E-state index in [4.69, 9.17) is 0 Å². The van der Waals surface area contributed by atoms with Crippen molar-refractivity contribution in [2.45, 2.75) is 0 Å². The molecule has 0 atom stereocenters. The maximum Gasteiger partial charge on any atom is 0.160 e. The summed E-state index contributed by atoms with van der Waals surface area (Å²) in [6, 6.07) is 1.58. The Kier molecular flexibility index (Phi) is 3.45. The molecule has 0 N–H and O–H groups in total. The van der Waals surface area contributed by atoms with Gasteiger partial charge in [0.25, 0.3) is 0 Å². The van der Waals surface area contributed by atoms with Crippen molar-refractivity contribution in [3.05, 3.63) is 28.0 Å². The van der Waals surface area contributed by atoms with Crippen molar-refractivity contribution >= 4 is 40.6 Å². The smallest absolute Gasteiger partial charge is 0.160 e. The molecule has 13 heavy (non-hydrogen) atoms. The van der Waals surface area contributed by atoms with E-state index in [2.05, 4.69) is 6.58 Å². The van der Waals surface area contributed by atoms with Crippen LogP contribution in [-0.2, 0) is 0 Å². The monoisotopic (exact) mass is 212 g/mol. The minimum absolute atomic E-state index is 0.548. The molecule has 0 radical (unpaired) electrons. The molecule has 0 aliphatic rings. The third-order valence-electron chi connectivity index (χ3n) is 1.52. The molecule has 0 aliphatic heterocycles. The molecule has 0 fully saturated rings. The largest absolute Gasteiger partial charge is 0.298 e. The van der Waals surface area contributed by atoms with E-state index in [9.17, 15) is 9.59 Å². The van der Waals surface area contributed by atoms with Crippen LogP contribution in [0, 0.1) is 0 Å². The van der Waals surface area contributed by atoms with Crippen LogP contribution in [0.15, 0.2) is 12.6 Å². The van der Waals surface area contributed by atoms with E-state index in [1.807, 2.05) is 6.26 Å². The zero-order chi connectivity index (χ0) is 9.84. The lowest BCUT2D eigenvalue weighted by Crippen LogP contribution is -1.79. The standard InChI is InChI=1S/C9H8O2S2/c1-6(12-2)9-7(4-10)3-8(5-11)13-9/h3-5H,1H2,2H3. The van der Waals surface area contributed by atoms with Crippen LogP contribution in [0.5, 0.6) is 0 Å². The average Bonchev–Trinajstić information content (AvgIpc) is 2.59. The van der Waals surface area contributed by atoms with Crippen molar-refractivity contribution in [1.29, 1.82) is 0 Å². The van der Waals surface area contributed by atoms with Crippen molar-refractivity contribution in [3.63, 3.8) is 0 Å². The van der Waals surface area contributed by atoms with E-state index in [1.54, 1.807) is 6.07 Å². The van der Waals surface area contributed by atoms with Gasteiger partial charge in [0, 0.05) is 10.5 Å². The van der Waals surface area contributed by atoms with Crippen molar-refractivity contribution in [1.82, 2.24) is 0 Å². The van der Waals surface area contributed by atoms with Gasteiger partial charge in [0.1, 0.15) is 0 Å². The second-order valence-corrected chi connectivity index (χ2v) is 4.28. The molecule has 1 aromatic heterocycles. The number of hydrogen-bond donors (Lipinski definition) is 0. The number of thiophene rings is 1. The highest BCUT2D eigenvalue weighted by Crippen LogP contribution is 2.32. The van der Waals surface area contributed by atoms with E-state index in [0.717, 1.165) is 22.4 Å². The van der Waals surface area contributed by atoms with E-state index in [1.165, 1.54) is 23.1 Å². The number of hydrogen-bond acceptors (Lipinski definition) is 4. The van der Waals surface area contributed by atoms with Crippen LogP contribution in [0.25, 0.3) is 4.91 Å². The summed E-state index contributed by atoms with van der Waals surface area (Å²) in [5.74, 6) is 0. The topological polar surface area (TPSA) is 34.1 Å². The normalized spacial score (nSPS) is 9.62. The molecule has 0 saturated carbocycles. The Morgan fingerprint density at radius 2 is 2.23 bits per heavy atom. The zero-order valence-corrected chi connectivity index (χ0v) is 8.71. The highest BCUT2D eigenvalue weighted by atomic mass is 32.2. The van der Waals surface area contributed by atoms with Gasteiger partial charge in [-0.05, 0) is 12.3 Å². The molecule has 1 aromatic rings. The van der Waals surface area contributed by atoms with Crippen molar-refractivity contribution < 1.29 is 9.59 Å². The van der Waals surface area contributed by atoms with Gasteiger partial charge in [-0.15, -0.1) is 23.1 Å². The number of aldehydes is 2. The molecule has 68 valence electrons. The molecule has 1 heterocycles. The number of rotatable bonds is 4. The van der Waals surface area contributed by atoms with Gasteiger partial charge >= 0.3 is 0 Å². The van der Waals surface area contributed by atoms with Gasteiger partial charge in [-0.2, -0.15) is 0 Å². The molecule has 0 amide bonds. The van der Waals surface area contributed by atoms with Gasteiger partial charge < -0.3 is 0 Å². The zero-order valence-electron chi connectivity index (χ0n) is 7.07. The molecule has 0 aromatic carbocycles. The summed E-state index contributed by atoms with van der Waals surface area (Å²) >= 11 is 2.77. The summed E-state index contributed by atoms with van der Waals surface area (Å²) in [7, 11) is 0. The van der Waals surface area contributed by atoms with Crippen molar-refractivity contribution in [3.8, 4) is 0 Å². The van der Waals surface area contributed by atoms with Crippen molar-refractivity contribution in [2.24, 2.45) is 0 Å². The van der Waals surface area contributed by atoms with Gasteiger partial charge in [-0.3, -0.25) is 9.59 Å². The summed E-state index contributed by atoms with van der Waals surface area (Å²) in [5.41, 5.74) is 0.548. The summed E-state index contributed by atoms with van der Waals surface area (Å²) in [6.07, 6.45) is 3.38. The van der Waals surface area contributed by atoms with Crippen LogP contribution < -0.4 is 0 Å². The first-order chi connectivity index (χ1) is 6.22. The Morgan fingerprint density at radius 3 is 2.69 bits per heavy atom. The maximum atomic E-state index is 10.6. The lowest BCUT2D eigenvalue weighted by Gasteiger charge is -1.97. The summed E-state index contributed by atoms with van der Waals surface area (Å²) < 4.78 is 0. The summed E-state index contributed by atoms with van der Waals surface area (Å²) in [4.78, 5) is 23.3. The van der Waals surface area contributed by atoms with Crippen LogP contribution in [0.4, 0.5) is 0 Å². The Bertz CT molecular complexity index is 352. The van der Waals surface area contributed by atoms with Crippen LogP contribution in [0.2, 0.25) is 0 Å². The van der Waals surface area contributed by atoms with Gasteiger partial charge in [0.05, 0.1) is 9.75 Å².